The largest absolute Gasteiger partial charge is 0.397 e. The van der Waals surface area contributed by atoms with Crippen LogP contribution in [-0.2, 0) is 0 Å². The first-order valence-electron chi connectivity index (χ1n) is 5.29. The number of anilines is 1. The lowest BCUT2D eigenvalue weighted by Gasteiger charge is -1.98. The standard InChI is InChI=1S/C11H12N6/c1-5-3-9(15-14-5)10-7-4-8(12)6(2)13-11(7)17-16-10/h3-4H,12H2,1-2H3,(H,14,15)(H,13,16,17). The predicted octanol–water partition coefficient (Wildman–Crippen LogP) is 1.55. The van der Waals surface area contributed by atoms with Gasteiger partial charge < -0.3 is 5.73 Å². The first-order valence-corrected chi connectivity index (χ1v) is 5.29. The van der Waals surface area contributed by atoms with Crippen LogP contribution in [0, 0.1) is 13.8 Å². The van der Waals surface area contributed by atoms with Crippen molar-refractivity contribution in [1.82, 2.24) is 25.4 Å². The SMILES string of the molecule is Cc1cc(-c2[nH]nc3nc(C)c(N)cc23)n[nH]1. The Hall–Kier alpha value is -2.37. The van der Waals surface area contributed by atoms with Crippen molar-refractivity contribution in [3.63, 3.8) is 0 Å². The maximum atomic E-state index is 5.86. The van der Waals surface area contributed by atoms with Crippen molar-refractivity contribution in [2.24, 2.45) is 0 Å². The first kappa shape index (κ1) is 9.83. The van der Waals surface area contributed by atoms with Crippen molar-refractivity contribution in [1.29, 1.82) is 0 Å². The van der Waals surface area contributed by atoms with E-state index < -0.39 is 0 Å². The topological polar surface area (TPSA) is 96.3 Å². The van der Waals surface area contributed by atoms with Gasteiger partial charge in [-0.2, -0.15) is 10.2 Å². The minimum absolute atomic E-state index is 0.660. The monoisotopic (exact) mass is 228 g/mol. The zero-order valence-electron chi connectivity index (χ0n) is 9.57. The molecule has 3 rings (SSSR count). The summed E-state index contributed by atoms with van der Waals surface area (Å²) >= 11 is 0. The molecule has 86 valence electrons. The van der Waals surface area contributed by atoms with Crippen LogP contribution in [0.1, 0.15) is 11.4 Å². The fraction of sp³-hybridized carbons (Fsp3) is 0.182. The second kappa shape index (κ2) is 3.31. The highest BCUT2D eigenvalue weighted by Gasteiger charge is 2.12. The average Bonchev–Trinajstić information content (AvgIpc) is 2.86. The molecular weight excluding hydrogens is 216 g/mol. The van der Waals surface area contributed by atoms with Crippen LogP contribution in [0.5, 0.6) is 0 Å². The maximum Gasteiger partial charge on any atom is 0.181 e. The van der Waals surface area contributed by atoms with Gasteiger partial charge in [0.05, 0.1) is 22.5 Å². The number of nitrogens with one attached hydrogen (secondary N) is 2. The minimum Gasteiger partial charge on any atom is -0.397 e. The van der Waals surface area contributed by atoms with Crippen LogP contribution < -0.4 is 5.73 Å². The number of rotatable bonds is 1. The van der Waals surface area contributed by atoms with Crippen LogP contribution in [0.3, 0.4) is 0 Å². The molecule has 0 aliphatic heterocycles. The number of fused-ring (bicyclic) bond motifs is 1. The van der Waals surface area contributed by atoms with Crippen molar-refractivity contribution in [3.05, 3.63) is 23.5 Å². The number of pyridine rings is 1. The van der Waals surface area contributed by atoms with Gasteiger partial charge in [-0.15, -0.1) is 0 Å². The smallest absolute Gasteiger partial charge is 0.181 e. The molecule has 0 bridgehead atoms. The van der Waals surface area contributed by atoms with Crippen LogP contribution in [0.4, 0.5) is 5.69 Å². The number of hydrogen-bond acceptors (Lipinski definition) is 4. The normalized spacial score (nSPS) is 11.2. The lowest BCUT2D eigenvalue weighted by atomic mass is 10.2. The maximum absolute atomic E-state index is 5.86. The second-order valence-corrected chi connectivity index (χ2v) is 4.07. The molecule has 0 saturated heterocycles. The summed E-state index contributed by atoms with van der Waals surface area (Å²) in [6.45, 7) is 3.81. The molecule has 4 N–H and O–H groups in total. The zero-order chi connectivity index (χ0) is 12.0. The molecule has 0 aliphatic carbocycles. The van der Waals surface area contributed by atoms with Crippen molar-refractivity contribution >= 4 is 16.7 Å². The third kappa shape index (κ3) is 1.45. The Morgan fingerprint density at radius 3 is 2.65 bits per heavy atom. The number of aromatic amines is 2. The van der Waals surface area contributed by atoms with E-state index in [0.29, 0.717) is 11.3 Å². The van der Waals surface area contributed by atoms with E-state index in [2.05, 4.69) is 25.4 Å². The second-order valence-electron chi connectivity index (χ2n) is 4.07. The summed E-state index contributed by atoms with van der Waals surface area (Å²) in [4.78, 5) is 4.32. The summed E-state index contributed by atoms with van der Waals surface area (Å²) in [5.41, 5.74) is 10.6. The van der Waals surface area contributed by atoms with Crippen LogP contribution in [-0.4, -0.2) is 25.4 Å². The van der Waals surface area contributed by atoms with E-state index in [0.717, 1.165) is 28.2 Å². The molecule has 3 aromatic rings. The van der Waals surface area contributed by atoms with Gasteiger partial charge in [0.1, 0.15) is 5.69 Å². The quantitative estimate of drug-likeness (QED) is 0.588. The molecule has 0 radical (unpaired) electrons. The summed E-state index contributed by atoms with van der Waals surface area (Å²) in [6, 6.07) is 3.82. The molecule has 0 saturated carbocycles. The molecule has 0 amide bonds. The zero-order valence-corrected chi connectivity index (χ0v) is 9.57. The van der Waals surface area contributed by atoms with Gasteiger partial charge in [0.15, 0.2) is 5.65 Å². The van der Waals surface area contributed by atoms with Gasteiger partial charge in [0.2, 0.25) is 0 Å². The summed E-state index contributed by atoms with van der Waals surface area (Å²) in [7, 11) is 0. The molecule has 6 nitrogen and oxygen atoms in total. The Morgan fingerprint density at radius 1 is 1.12 bits per heavy atom. The number of aryl methyl sites for hydroxylation is 2. The highest BCUT2D eigenvalue weighted by Crippen LogP contribution is 2.26. The number of aromatic nitrogens is 5. The van der Waals surface area contributed by atoms with Gasteiger partial charge >= 0.3 is 0 Å². The van der Waals surface area contributed by atoms with Crippen LogP contribution >= 0.6 is 0 Å². The number of nitrogens with two attached hydrogens (primary N) is 1. The molecule has 0 unspecified atom stereocenters. The van der Waals surface area contributed by atoms with Gasteiger partial charge in [-0.3, -0.25) is 10.2 Å². The summed E-state index contributed by atoms with van der Waals surface area (Å²) in [5.74, 6) is 0. The number of nitrogens with zero attached hydrogens (tertiary/aromatic N) is 3. The molecule has 0 fully saturated rings. The first-order chi connectivity index (χ1) is 8.15. The fourth-order valence-electron chi connectivity index (χ4n) is 1.79. The highest BCUT2D eigenvalue weighted by atomic mass is 15.2. The van der Waals surface area contributed by atoms with Crippen LogP contribution in [0.25, 0.3) is 22.4 Å². The van der Waals surface area contributed by atoms with E-state index in [1.165, 1.54) is 0 Å². The molecule has 17 heavy (non-hydrogen) atoms. The Morgan fingerprint density at radius 2 is 1.94 bits per heavy atom. The molecule has 0 aliphatic rings. The summed E-state index contributed by atoms with van der Waals surface area (Å²) in [6.07, 6.45) is 0. The van der Waals surface area contributed by atoms with Crippen LogP contribution in [0.15, 0.2) is 12.1 Å². The van der Waals surface area contributed by atoms with Crippen molar-refractivity contribution < 1.29 is 0 Å². The van der Waals surface area contributed by atoms with E-state index in [1.807, 2.05) is 26.0 Å². The van der Waals surface area contributed by atoms with Gasteiger partial charge in [0, 0.05) is 5.69 Å². The van der Waals surface area contributed by atoms with Gasteiger partial charge in [-0.1, -0.05) is 0 Å². The Balaban J connectivity index is 2.27. The predicted molar refractivity (Wildman–Crippen MR) is 65.4 cm³/mol. The fourth-order valence-corrected chi connectivity index (χ4v) is 1.79. The van der Waals surface area contributed by atoms with Gasteiger partial charge in [-0.25, -0.2) is 4.98 Å². The Labute approximate surface area is 97.3 Å². The number of H-pyrrole nitrogens is 2. The summed E-state index contributed by atoms with van der Waals surface area (Å²) < 4.78 is 0. The highest BCUT2D eigenvalue weighted by molar-refractivity contribution is 5.91. The van der Waals surface area contributed by atoms with E-state index in [-0.39, 0.29) is 0 Å². The average molecular weight is 228 g/mol. The molecule has 6 heteroatoms. The molecule has 0 aromatic carbocycles. The van der Waals surface area contributed by atoms with Gasteiger partial charge in [-0.05, 0) is 26.0 Å². The van der Waals surface area contributed by atoms with Crippen molar-refractivity contribution in [2.75, 3.05) is 5.73 Å². The Kier molecular flexibility index (Phi) is 1.91. The molecule has 0 spiro atoms. The van der Waals surface area contributed by atoms with Crippen molar-refractivity contribution in [2.45, 2.75) is 13.8 Å². The molecule has 3 heterocycles. The molecular formula is C11H12N6. The van der Waals surface area contributed by atoms with E-state index in [1.54, 1.807) is 0 Å². The van der Waals surface area contributed by atoms with E-state index >= 15 is 0 Å². The van der Waals surface area contributed by atoms with Gasteiger partial charge in [0.25, 0.3) is 0 Å². The molecule has 0 atom stereocenters. The van der Waals surface area contributed by atoms with Crippen LogP contribution in [0.2, 0.25) is 0 Å². The van der Waals surface area contributed by atoms with E-state index in [4.69, 9.17) is 5.73 Å². The summed E-state index contributed by atoms with van der Waals surface area (Å²) in [5, 5.41) is 15.1. The van der Waals surface area contributed by atoms with Crippen molar-refractivity contribution in [3.8, 4) is 11.4 Å². The lowest BCUT2D eigenvalue weighted by Crippen LogP contribution is -1.92. The Bertz CT molecular complexity index is 693. The number of nitrogen functional groups attached to an aromatic ring is 1. The lowest BCUT2D eigenvalue weighted by molar-refractivity contribution is 1.03. The third-order valence-corrected chi connectivity index (χ3v) is 2.74. The van der Waals surface area contributed by atoms with E-state index in [9.17, 15) is 0 Å². The third-order valence-electron chi connectivity index (χ3n) is 2.74. The minimum atomic E-state index is 0.660. The number of hydrogen-bond donors (Lipinski definition) is 3. The molecule has 3 aromatic heterocycles.